The van der Waals surface area contributed by atoms with E-state index >= 15 is 0 Å². The van der Waals surface area contributed by atoms with E-state index < -0.39 is 5.60 Å². The number of nitrogens with one attached hydrogen (secondary N) is 1. The minimum atomic E-state index is -0.430. The van der Waals surface area contributed by atoms with Crippen molar-refractivity contribution in [3.8, 4) is 0 Å². The Kier molecular flexibility index (Phi) is 3.74. The maximum atomic E-state index is 10.1. The fourth-order valence-electron chi connectivity index (χ4n) is 1.85. The van der Waals surface area contributed by atoms with E-state index in [0.717, 1.165) is 13.0 Å². The van der Waals surface area contributed by atoms with E-state index in [1.54, 1.807) is 0 Å². The lowest BCUT2D eigenvalue weighted by atomic mass is 9.72. The van der Waals surface area contributed by atoms with Gasteiger partial charge in [-0.2, -0.15) is 0 Å². The fourth-order valence-corrected chi connectivity index (χ4v) is 1.85. The van der Waals surface area contributed by atoms with Crippen LogP contribution in [0.15, 0.2) is 0 Å². The standard InChI is InChI=1S/C11H23NO/c1-9(2)12-8-7-11(3,13)10-5-4-6-10/h9-10,12-13H,4-8H2,1-3H3. The van der Waals surface area contributed by atoms with Crippen LogP contribution in [0.3, 0.4) is 0 Å². The lowest BCUT2D eigenvalue weighted by Gasteiger charge is -2.39. The molecule has 1 rings (SSSR count). The molecule has 0 radical (unpaired) electrons. The van der Waals surface area contributed by atoms with Gasteiger partial charge in [0.2, 0.25) is 0 Å². The van der Waals surface area contributed by atoms with Gasteiger partial charge < -0.3 is 10.4 Å². The monoisotopic (exact) mass is 185 g/mol. The summed E-state index contributed by atoms with van der Waals surface area (Å²) in [5, 5.41) is 13.5. The Morgan fingerprint density at radius 1 is 1.46 bits per heavy atom. The van der Waals surface area contributed by atoms with Crippen molar-refractivity contribution in [2.75, 3.05) is 6.54 Å². The summed E-state index contributed by atoms with van der Waals surface area (Å²) in [5.41, 5.74) is -0.430. The fraction of sp³-hybridized carbons (Fsp3) is 1.00. The topological polar surface area (TPSA) is 32.3 Å². The van der Waals surface area contributed by atoms with Gasteiger partial charge in [0.1, 0.15) is 0 Å². The van der Waals surface area contributed by atoms with Crippen molar-refractivity contribution in [3.05, 3.63) is 0 Å². The second kappa shape index (κ2) is 4.43. The Morgan fingerprint density at radius 3 is 2.46 bits per heavy atom. The second-order valence-corrected chi connectivity index (χ2v) is 4.84. The molecule has 78 valence electrons. The average Bonchev–Trinajstić information content (AvgIpc) is 1.79. The van der Waals surface area contributed by atoms with Crippen LogP contribution >= 0.6 is 0 Å². The molecule has 0 heterocycles. The quantitative estimate of drug-likeness (QED) is 0.686. The van der Waals surface area contributed by atoms with Crippen molar-refractivity contribution in [3.63, 3.8) is 0 Å². The third-order valence-corrected chi connectivity index (χ3v) is 3.17. The van der Waals surface area contributed by atoms with Gasteiger partial charge in [0, 0.05) is 6.04 Å². The predicted molar refractivity (Wildman–Crippen MR) is 55.7 cm³/mol. The first kappa shape index (κ1) is 11.0. The summed E-state index contributed by atoms with van der Waals surface area (Å²) in [4.78, 5) is 0. The molecule has 0 spiro atoms. The van der Waals surface area contributed by atoms with Crippen molar-refractivity contribution in [2.45, 2.75) is 58.1 Å². The van der Waals surface area contributed by atoms with Crippen LogP contribution < -0.4 is 5.32 Å². The van der Waals surface area contributed by atoms with Crippen molar-refractivity contribution in [1.82, 2.24) is 5.32 Å². The summed E-state index contributed by atoms with van der Waals surface area (Å²) in [6.07, 6.45) is 4.62. The Bertz CT molecular complexity index is 150. The number of rotatable bonds is 5. The summed E-state index contributed by atoms with van der Waals surface area (Å²) in [6.45, 7) is 7.19. The Morgan fingerprint density at radius 2 is 2.08 bits per heavy atom. The minimum Gasteiger partial charge on any atom is -0.390 e. The lowest BCUT2D eigenvalue weighted by molar-refractivity contribution is -0.0407. The molecule has 0 aromatic carbocycles. The molecule has 0 aromatic heterocycles. The van der Waals surface area contributed by atoms with E-state index in [2.05, 4.69) is 19.2 Å². The molecule has 1 saturated carbocycles. The van der Waals surface area contributed by atoms with Crippen LogP contribution in [-0.4, -0.2) is 23.3 Å². The molecule has 0 aromatic rings. The average molecular weight is 185 g/mol. The summed E-state index contributed by atoms with van der Waals surface area (Å²) in [6, 6.07) is 0.525. The second-order valence-electron chi connectivity index (χ2n) is 4.84. The van der Waals surface area contributed by atoms with E-state index in [4.69, 9.17) is 0 Å². The molecule has 1 aliphatic carbocycles. The number of aliphatic hydroxyl groups is 1. The molecule has 2 heteroatoms. The van der Waals surface area contributed by atoms with Crippen LogP contribution in [0.4, 0.5) is 0 Å². The van der Waals surface area contributed by atoms with Crippen molar-refractivity contribution in [1.29, 1.82) is 0 Å². The Hall–Kier alpha value is -0.0800. The number of hydrogen-bond acceptors (Lipinski definition) is 2. The lowest BCUT2D eigenvalue weighted by Crippen LogP contribution is -2.41. The van der Waals surface area contributed by atoms with Gasteiger partial charge in [0.05, 0.1) is 5.60 Å². The molecule has 1 unspecified atom stereocenters. The molecule has 0 aliphatic heterocycles. The molecule has 0 amide bonds. The summed E-state index contributed by atoms with van der Waals surface area (Å²) in [7, 11) is 0. The smallest absolute Gasteiger partial charge is 0.0659 e. The zero-order valence-electron chi connectivity index (χ0n) is 9.14. The highest BCUT2D eigenvalue weighted by molar-refractivity contribution is 4.87. The van der Waals surface area contributed by atoms with Crippen LogP contribution in [0, 0.1) is 5.92 Å². The molecule has 1 fully saturated rings. The zero-order chi connectivity index (χ0) is 9.90. The van der Waals surface area contributed by atoms with Gasteiger partial charge in [0.15, 0.2) is 0 Å². The molecular formula is C11H23NO. The van der Waals surface area contributed by atoms with E-state index in [0.29, 0.717) is 12.0 Å². The third-order valence-electron chi connectivity index (χ3n) is 3.17. The zero-order valence-corrected chi connectivity index (χ0v) is 9.14. The summed E-state index contributed by atoms with van der Waals surface area (Å²) in [5.74, 6) is 0.557. The van der Waals surface area contributed by atoms with Crippen LogP contribution in [-0.2, 0) is 0 Å². The van der Waals surface area contributed by atoms with Gasteiger partial charge in [-0.3, -0.25) is 0 Å². The molecule has 0 saturated heterocycles. The van der Waals surface area contributed by atoms with E-state index in [1.807, 2.05) is 6.92 Å². The highest BCUT2D eigenvalue weighted by Gasteiger charge is 2.35. The largest absolute Gasteiger partial charge is 0.390 e. The molecule has 0 bridgehead atoms. The molecular weight excluding hydrogens is 162 g/mol. The predicted octanol–water partition coefficient (Wildman–Crippen LogP) is 1.93. The maximum Gasteiger partial charge on any atom is 0.0659 e. The van der Waals surface area contributed by atoms with Crippen molar-refractivity contribution < 1.29 is 5.11 Å². The molecule has 1 atom stereocenters. The summed E-state index contributed by atoms with van der Waals surface area (Å²) >= 11 is 0. The highest BCUT2D eigenvalue weighted by atomic mass is 16.3. The van der Waals surface area contributed by atoms with Gasteiger partial charge in [-0.05, 0) is 38.6 Å². The van der Waals surface area contributed by atoms with Crippen LogP contribution in [0.25, 0.3) is 0 Å². The van der Waals surface area contributed by atoms with E-state index in [1.165, 1.54) is 19.3 Å². The molecule has 13 heavy (non-hydrogen) atoms. The number of hydrogen-bond donors (Lipinski definition) is 2. The van der Waals surface area contributed by atoms with E-state index in [-0.39, 0.29) is 0 Å². The highest BCUT2D eigenvalue weighted by Crippen LogP contribution is 2.37. The molecule has 2 nitrogen and oxygen atoms in total. The normalized spacial score (nSPS) is 22.8. The SMILES string of the molecule is CC(C)NCCC(C)(O)C1CCC1. The van der Waals surface area contributed by atoms with Crippen molar-refractivity contribution in [2.24, 2.45) is 5.92 Å². The van der Waals surface area contributed by atoms with Gasteiger partial charge in [0.25, 0.3) is 0 Å². The van der Waals surface area contributed by atoms with Crippen LogP contribution in [0.2, 0.25) is 0 Å². The first-order valence-electron chi connectivity index (χ1n) is 5.48. The summed E-state index contributed by atoms with van der Waals surface area (Å²) < 4.78 is 0. The van der Waals surface area contributed by atoms with Gasteiger partial charge in [-0.25, -0.2) is 0 Å². The Labute approximate surface area is 81.7 Å². The first-order chi connectivity index (χ1) is 6.02. The minimum absolute atomic E-state index is 0.430. The van der Waals surface area contributed by atoms with Gasteiger partial charge in [-0.1, -0.05) is 20.3 Å². The maximum absolute atomic E-state index is 10.1. The van der Waals surface area contributed by atoms with Gasteiger partial charge in [-0.15, -0.1) is 0 Å². The van der Waals surface area contributed by atoms with Crippen LogP contribution in [0.1, 0.15) is 46.5 Å². The third kappa shape index (κ3) is 3.28. The first-order valence-corrected chi connectivity index (χ1v) is 5.48. The Balaban J connectivity index is 2.17. The van der Waals surface area contributed by atoms with Gasteiger partial charge >= 0.3 is 0 Å². The molecule has 1 aliphatic rings. The molecule has 2 N–H and O–H groups in total. The van der Waals surface area contributed by atoms with E-state index in [9.17, 15) is 5.11 Å². The van der Waals surface area contributed by atoms with Crippen molar-refractivity contribution >= 4 is 0 Å². The van der Waals surface area contributed by atoms with Crippen LogP contribution in [0.5, 0.6) is 0 Å².